The Morgan fingerprint density at radius 3 is 2.60 bits per heavy atom. The maximum absolute atomic E-state index is 12.2. The van der Waals surface area contributed by atoms with Crippen molar-refractivity contribution in [3.8, 4) is 17.2 Å². The summed E-state index contributed by atoms with van der Waals surface area (Å²) >= 11 is 1.56. The van der Waals surface area contributed by atoms with Gasteiger partial charge in [0.1, 0.15) is 17.2 Å². The van der Waals surface area contributed by atoms with Crippen LogP contribution in [0.25, 0.3) is 0 Å². The van der Waals surface area contributed by atoms with E-state index in [1.165, 1.54) is 0 Å². The first kappa shape index (κ1) is 20.9. The number of para-hydroxylation sites is 1. The maximum Gasteiger partial charge on any atom is 0.164 e. The van der Waals surface area contributed by atoms with Crippen LogP contribution in [0.3, 0.4) is 0 Å². The topological polar surface area (TPSA) is 77.4 Å². The van der Waals surface area contributed by atoms with Gasteiger partial charge in [-0.1, -0.05) is 30.0 Å². The molecule has 0 saturated carbocycles. The molecule has 2 aromatic rings. The zero-order valence-corrected chi connectivity index (χ0v) is 18.5. The number of fused-ring (bicyclic) bond motifs is 1. The Morgan fingerprint density at radius 1 is 1.07 bits per heavy atom. The predicted octanol–water partition coefficient (Wildman–Crippen LogP) is 2.86. The summed E-state index contributed by atoms with van der Waals surface area (Å²) in [6.07, 6.45) is 0. The van der Waals surface area contributed by atoms with Gasteiger partial charge in [0, 0.05) is 11.8 Å². The fourth-order valence-corrected chi connectivity index (χ4v) is 6.49. The first-order chi connectivity index (χ1) is 14.5. The molecule has 2 heterocycles. The average molecular weight is 449 g/mol. The first-order valence-electron chi connectivity index (χ1n) is 9.61. The van der Waals surface area contributed by atoms with E-state index in [0.717, 1.165) is 16.6 Å². The SMILES string of the molecule is COc1ccc(OC)c(N2C(SCCOc3ccccc3)=NC3CS(=O)(=O)CC32)c1. The molecule has 0 spiro atoms. The molecule has 1 saturated heterocycles. The third-order valence-electron chi connectivity index (χ3n) is 5.08. The lowest BCUT2D eigenvalue weighted by atomic mass is 10.1. The van der Waals surface area contributed by atoms with Crippen LogP contribution in [0.2, 0.25) is 0 Å². The Hall–Kier alpha value is -2.39. The second kappa shape index (κ2) is 8.77. The molecule has 0 aromatic heterocycles. The van der Waals surface area contributed by atoms with E-state index in [2.05, 4.69) is 0 Å². The van der Waals surface area contributed by atoms with E-state index in [9.17, 15) is 8.42 Å². The maximum atomic E-state index is 12.2. The number of hydrogen-bond donors (Lipinski definition) is 0. The highest BCUT2D eigenvalue weighted by molar-refractivity contribution is 8.14. The van der Waals surface area contributed by atoms with Crippen molar-refractivity contribution in [2.75, 3.05) is 43.0 Å². The second-order valence-electron chi connectivity index (χ2n) is 7.04. The quantitative estimate of drug-likeness (QED) is 0.603. The lowest BCUT2D eigenvalue weighted by Gasteiger charge is -2.28. The van der Waals surface area contributed by atoms with E-state index in [1.54, 1.807) is 26.0 Å². The molecule has 0 aliphatic carbocycles. The Kier molecular flexibility index (Phi) is 6.10. The van der Waals surface area contributed by atoms with Crippen LogP contribution in [0.1, 0.15) is 0 Å². The van der Waals surface area contributed by atoms with Gasteiger partial charge in [-0.25, -0.2) is 8.42 Å². The molecule has 0 N–H and O–H groups in total. The number of nitrogens with zero attached hydrogens (tertiary/aromatic N) is 2. The van der Waals surface area contributed by atoms with Crippen LogP contribution in [-0.4, -0.2) is 63.8 Å². The van der Waals surface area contributed by atoms with Crippen LogP contribution in [0.4, 0.5) is 5.69 Å². The van der Waals surface area contributed by atoms with Crippen molar-refractivity contribution in [2.45, 2.75) is 12.1 Å². The third-order valence-corrected chi connectivity index (χ3v) is 7.71. The van der Waals surface area contributed by atoms with Crippen molar-refractivity contribution in [3.05, 3.63) is 48.5 Å². The molecule has 0 bridgehead atoms. The molecule has 160 valence electrons. The molecule has 1 fully saturated rings. The normalized spacial score (nSPS) is 21.8. The van der Waals surface area contributed by atoms with Gasteiger partial charge in [-0.15, -0.1) is 0 Å². The van der Waals surface area contributed by atoms with Gasteiger partial charge in [-0.05, 0) is 24.3 Å². The summed E-state index contributed by atoms with van der Waals surface area (Å²) in [6, 6.07) is 14.6. The minimum absolute atomic E-state index is 0.0744. The van der Waals surface area contributed by atoms with Crippen molar-refractivity contribution < 1.29 is 22.6 Å². The molecule has 30 heavy (non-hydrogen) atoms. The van der Waals surface area contributed by atoms with Crippen molar-refractivity contribution in [2.24, 2.45) is 4.99 Å². The van der Waals surface area contributed by atoms with E-state index >= 15 is 0 Å². The minimum Gasteiger partial charge on any atom is -0.497 e. The number of sulfone groups is 1. The van der Waals surface area contributed by atoms with Gasteiger partial charge < -0.3 is 19.1 Å². The zero-order valence-electron chi connectivity index (χ0n) is 16.9. The van der Waals surface area contributed by atoms with Gasteiger partial charge in [-0.3, -0.25) is 4.99 Å². The lowest BCUT2D eigenvalue weighted by Crippen LogP contribution is -2.39. The van der Waals surface area contributed by atoms with Gasteiger partial charge in [0.05, 0.1) is 50.1 Å². The second-order valence-corrected chi connectivity index (χ2v) is 10.3. The number of benzene rings is 2. The summed E-state index contributed by atoms with van der Waals surface area (Å²) in [6.45, 7) is 0.518. The summed E-state index contributed by atoms with van der Waals surface area (Å²) in [4.78, 5) is 6.74. The van der Waals surface area contributed by atoms with Gasteiger partial charge in [0.25, 0.3) is 0 Å². The van der Waals surface area contributed by atoms with Crippen LogP contribution in [0.15, 0.2) is 53.5 Å². The summed E-state index contributed by atoms with van der Waals surface area (Å²) in [5.41, 5.74) is 0.761. The predicted molar refractivity (Wildman–Crippen MR) is 120 cm³/mol. The molecule has 7 nitrogen and oxygen atoms in total. The van der Waals surface area contributed by atoms with Crippen molar-refractivity contribution in [1.29, 1.82) is 0 Å². The number of thioether (sulfide) groups is 1. The van der Waals surface area contributed by atoms with E-state index in [4.69, 9.17) is 19.2 Å². The fourth-order valence-electron chi connectivity index (χ4n) is 3.71. The zero-order chi connectivity index (χ0) is 21.1. The molecule has 4 rings (SSSR count). The first-order valence-corrected chi connectivity index (χ1v) is 12.4. The lowest BCUT2D eigenvalue weighted by molar-refractivity contribution is 0.344. The smallest absolute Gasteiger partial charge is 0.164 e. The molecule has 2 aliphatic heterocycles. The minimum atomic E-state index is -3.12. The van der Waals surface area contributed by atoms with E-state index < -0.39 is 9.84 Å². The van der Waals surface area contributed by atoms with Gasteiger partial charge >= 0.3 is 0 Å². The molecule has 0 radical (unpaired) electrons. The van der Waals surface area contributed by atoms with E-state index in [-0.39, 0.29) is 23.6 Å². The standard InChI is InChI=1S/C21H24N2O5S2/c1-26-16-8-9-20(27-2)18(12-16)23-19-14-30(24,25)13-17(19)22-21(23)29-11-10-28-15-6-4-3-5-7-15/h3-9,12,17,19H,10-11,13-14H2,1-2H3. The highest BCUT2D eigenvalue weighted by Crippen LogP contribution is 2.41. The largest absolute Gasteiger partial charge is 0.497 e. The van der Waals surface area contributed by atoms with Crippen molar-refractivity contribution >= 4 is 32.5 Å². The highest BCUT2D eigenvalue weighted by Gasteiger charge is 2.47. The van der Waals surface area contributed by atoms with Gasteiger partial charge in [0.2, 0.25) is 0 Å². The molecule has 9 heteroatoms. The number of hydrogen-bond acceptors (Lipinski definition) is 8. The molecule has 2 unspecified atom stereocenters. The fraction of sp³-hybridized carbons (Fsp3) is 0.381. The Labute approximate surface area is 181 Å². The molecular weight excluding hydrogens is 424 g/mol. The molecule has 2 atom stereocenters. The van der Waals surface area contributed by atoms with E-state index in [1.807, 2.05) is 53.4 Å². The van der Waals surface area contributed by atoms with Crippen LogP contribution in [0, 0.1) is 0 Å². The van der Waals surface area contributed by atoms with Crippen LogP contribution in [-0.2, 0) is 9.84 Å². The summed E-state index contributed by atoms with van der Waals surface area (Å²) in [7, 11) is 0.0783. The number of amidine groups is 1. The number of ether oxygens (including phenoxy) is 3. The number of aliphatic imine (C=N–C) groups is 1. The monoisotopic (exact) mass is 448 g/mol. The Bertz CT molecular complexity index is 1030. The Morgan fingerprint density at radius 2 is 1.87 bits per heavy atom. The molecule has 2 aromatic carbocycles. The van der Waals surface area contributed by atoms with E-state index in [0.29, 0.717) is 23.9 Å². The van der Waals surface area contributed by atoms with Crippen LogP contribution < -0.4 is 19.1 Å². The van der Waals surface area contributed by atoms with Crippen molar-refractivity contribution in [3.63, 3.8) is 0 Å². The van der Waals surface area contributed by atoms with Gasteiger partial charge in [0.15, 0.2) is 15.0 Å². The molecular formula is C21H24N2O5S2. The van der Waals surface area contributed by atoms with Crippen LogP contribution in [0.5, 0.6) is 17.2 Å². The van der Waals surface area contributed by atoms with Gasteiger partial charge in [-0.2, -0.15) is 0 Å². The van der Waals surface area contributed by atoms with Crippen LogP contribution >= 0.6 is 11.8 Å². The Balaban J connectivity index is 1.55. The third kappa shape index (κ3) is 4.37. The molecule has 2 aliphatic rings. The summed E-state index contributed by atoms with van der Waals surface area (Å²) in [5.74, 6) is 2.97. The summed E-state index contributed by atoms with van der Waals surface area (Å²) < 4.78 is 41.2. The van der Waals surface area contributed by atoms with Crippen molar-refractivity contribution in [1.82, 2.24) is 0 Å². The highest BCUT2D eigenvalue weighted by atomic mass is 32.2. The molecule has 0 amide bonds. The number of methoxy groups -OCH3 is 2. The number of anilines is 1. The average Bonchev–Trinajstić information content (AvgIpc) is 3.22. The summed E-state index contributed by atoms with van der Waals surface area (Å²) in [5, 5.41) is 0.781. The number of rotatable bonds is 7.